The van der Waals surface area contributed by atoms with Gasteiger partial charge < -0.3 is 35.3 Å². The Bertz CT molecular complexity index is 1460. The molecule has 0 bridgehead atoms. The minimum absolute atomic E-state index is 0.0215. The minimum atomic E-state index is -1.62. The zero-order valence-corrected chi connectivity index (χ0v) is 29.9. The lowest BCUT2D eigenvalue weighted by atomic mass is 9.79. The Kier molecular flexibility index (Phi) is 12.6. The summed E-state index contributed by atoms with van der Waals surface area (Å²) in [6.45, 7) is 2.28. The predicted octanol–water partition coefficient (Wildman–Crippen LogP) is 6.04. The summed E-state index contributed by atoms with van der Waals surface area (Å²) in [5.74, 6) is -2.58. The highest BCUT2D eigenvalue weighted by molar-refractivity contribution is 8.01. The van der Waals surface area contributed by atoms with Crippen molar-refractivity contribution in [3.05, 3.63) is 108 Å². The van der Waals surface area contributed by atoms with Gasteiger partial charge in [-0.05, 0) is 36.0 Å². The molecule has 2 fully saturated rings. The van der Waals surface area contributed by atoms with Crippen molar-refractivity contribution >= 4 is 29.7 Å². The Morgan fingerprint density at radius 1 is 0.900 bits per heavy atom. The molecule has 10 nitrogen and oxygen atoms in total. The summed E-state index contributed by atoms with van der Waals surface area (Å²) in [5.41, 5.74) is 1.48. The molecule has 5 rings (SSSR count). The quantitative estimate of drug-likeness (QED) is 0.0514. The number of hydrogen-bond donors (Lipinski definition) is 4. The molecule has 3 amide bonds. The lowest BCUT2D eigenvalue weighted by Crippen LogP contribution is -2.59. The third kappa shape index (κ3) is 7.71. The molecule has 268 valence electrons. The molecule has 2 saturated heterocycles. The molecule has 2 aliphatic rings. The number of carboxylic acids is 1. The number of benzene rings is 3. The summed E-state index contributed by atoms with van der Waals surface area (Å²) in [6.07, 6.45) is 3.77. The SMILES string of the molecule is CCCCC(CNC(=O)[C@@]1(CCCCC(=O)O)SC[C@@H]2NC(=O)N[C@@H]21)C(OC)(OC)OC(c1ccccc1)(c1ccccc1)c1ccccc1. The van der Waals surface area contributed by atoms with Gasteiger partial charge in [0.05, 0.1) is 18.0 Å². The van der Waals surface area contributed by atoms with Gasteiger partial charge in [0.1, 0.15) is 10.3 Å². The monoisotopic (exact) mass is 703 g/mol. The molecule has 1 unspecified atom stereocenters. The van der Waals surface area contributed by atoms with Gasteiger partial charge in [-0.15, -0.1) is 11.8 Å². The van der Waals surface area contributed by atoms with Crippen LogP contribution in [0.1, 0.15) is 68.6 Å². The van der Waals surface area contributed by atoms with Crippen molar-refractivity contribution < 1.29 is 33.7 Å². The number of carboxylic acid groups (broad SMARTS) is 1. The van der Waals surface area contributed by atoms with Gasteiger partial charge in [-0.3, -0.25) is 9.59 Å². The number of nitrogens with one attached hydrogen (secondary N) is 3. The number of methoxy groups -OCH3 is 2. The largest absolute Gasteiger partial charge is 0.481 e. The topological polar surface area (TPSA) is 135 Å². The highest BCUT2D eigenvalue weighted by Gasteiger charge is 2.58. The summed E-state index contributed by atoms with van der Waals surface area (Å²) in [7, 11) is 3.13. The molecular formula is C39H49N3O7S. The predicted molar refractivity (Wildman–Crippen MR) is 194 cm³/mol. The molecule has 0 radical (unpaired) electrons. The molecule has 4 atom stereocenters. The molecule has 50 heavy (non-hydrogen) atoms. The van der Waals surface area contributed by atoms with E-state index in [4.69, 9.17) is 14.2 Å². The molecular weight excluding hydrogens is 655 g/mol. The second-order valence-electron chi connectivity index (χ2n) is 12.9. The second kappa shape index (κ2) is 16.9. The van der Waals surface area contributed by atoms with Gasteiger partial charge in [0.2, 0.25) is 5.91 Å². The van der Waals surface area contributed by atoms with E-state index in [1.165, 1.54) is 11.8 Å². The third-order valence-electron chi connectivity index (χ3n) is 9.92. The van der Waals surface area contributed by atoms with Gasteiger partial charge in [-0.1, -0.05) is 117 Å². The summed E-state index contributed by atoms with van der Waals surface area (Å²) in [5, 5.41) is 18.4. The van der Waals surface area contributed by atoms with Crippen molar-refractivity contribution in [3.63, 3.8) is 0 Å². The van der Waals surface area contributed by atoms with Crippen molar-refractivity contribution in [1.82, 2.24) is 16.0 Å². The maximum atomic E-state index is 14.4. The molecule has 0 saturated carbocycles. The normalized spacial score (nSPS) is 20.8. The van der Waals surface area contributed by atoms with E-state index in [9.17, 15) is 19.5 Å². The van der Waals surface area contributed by atoms with Crippen LogP contribution in [0.5, 0.6) is 0 Å². The second-order valence-corrected chi connectivity index (χ2v) is 14.3. The number of ether oxygens (including phenoxy) is 3. The van der Waals surface area contributed by atoms with Crippen molar-refractivity contribution in [1.29, 1.82) is 0 Å². The summed E-state index contributed by atoms with van der Waals surface area (Å²) in [4.78, 5) is 38.0. The van der Waals surface area contributed by atoms with Crippen LogP contribution in [0, 0.1) is 5.92 Å². The molecule has 3 aromatic carbocycles. The summed E-state index contributed by atoms with van der Waals surface area (Å²) < 4.78 is 19.0. The van der Waals surface area contributed by atoms with Crippen LogP contribution in [0.2, 0.25) is 0 Å². The van der Waals surface area contributed by atoms with Crippen LogP contribution < -0.4 is 16.0 Å². The number of fused-ring (bicyclic) bond motifs is 1. The highest BCUT2D eigenvalue weighted by Crippen LogP contribution is 2.47. The van der Waals surface area contributed by atoms with Crippen LogP contribution in [-0.4, -0.2) is 72.3 Å². The van der Waals surface area contributed by atoms with Crippen LogP contribution in [0.3, 0.4) is 0 Å². The Hall–Kier alpha value is -3.90. The molecule has 2 aliphatic heterocycles. The Labute approximate surface area is 299 Å². The van der Waals surface area contributed by atoms with Crippen LogP contribution in [0.4, 0.5) is 4.79 Å². The first-order valence-corrected chi connectivity index (χ1v) is 18.4. The van der Waals surface area contributed by atoms with Gasteiger partial charge in [-0.25, -0.2) is 4.79 Å². The molecule has 3 aromatic rings. The Balaban J connectivity index is 1.52. The fourth-order valence-corrected chi connectivity index (χ4v) is 9.01. The van der Waals surface area contributed by atoms with Crippen molar-refractivity contribution in [3.8, 4) is 0 Å². The maximum absolute atomic E-state index is 14.4. The first kappa shape index (κ1) is 37.4. The van der Waals surface area contributed by atoms with E-state index in [0.717, 1.165) is 29.5 Å². The first-order valence-electron chi connectivity index (χ1n) is 17.4. The van der Waals surface area contributed by atoms with Crippen molar-refractivity contribution in [2.45, 2.75) is 80.3 Å². The average molecular weight is 704 g/mol. The molecule has 11 heteroatoms. The summed E-state index contributed by atoms with van der Waals surface area (Å²) >= 11 is 1.51. The van der Waals surface area contributed by atoms with Crippen molar-refractivity contribution in [2.75, 3.05) is 26.5 Å². The lowest BCUT2D eigenvalue weighted by molar-refractivity contribution is -0.411. The fourth-order valence-electron chi connectivity index (χ4n) is 7.37. The van der Waals surface area contributed by atoms with Gasteiger partial charge in [0.25, 0.3) is 5.97 Å². The number of carbonyl (C=O) groups excluding carboxylic acids is 2. The van der Waals surface area contributed by atoms with Gasteiger partial charge in [-0.2, -0.15) is 0 Å². The van der Waals surface area contributed by atoms with Gasteiger partial charge in [0.15, 0.2) is 0 Å². The molecule has 0 spiro atoms. The number of aliphatic carboxylic acids is 1. The first-order chi connectivity index (χ1) is 24.2. The fraction of sp³-hybridized carbons (Fsp3) is 0.462. The molecule has 2 heterocycles. The average Bonchev–Trinajstić information content (AvgIpc) is 3.70. The third-order valence-corrected chi connectivity index (χ3v) is 11.6. The number of thioether (sulfide) groups is 1. The van der Waals surface area contributed by atoms with E-state index in [1.807, 2.05) is 91.0 Å². The van der Waals surface area contributed by atoms with E-state index in [0.29, 0.717) is 31.4 Å². The Morgan fingerprint density at radius 2 is 1.46 bits per heavy atom. The number of rotatable bonds is 19. The molecule has 0 aliphatic carbocycles. The van der Waals surface area contributed by atoms with Gasteiger partial charge in [0, 0.05) is 32.9 Å². The minimum Gasteiger partial charge on any atom is -0.481 e. The number of unbranched alkanes of at least 4 members (excludes halogenated alkanes) is 2. The van der Waals surface area contributed by atoms with E-state index >= 15 is 0 Å². The van der Waals surface area contributed by atoms with Crippen molar-refractivity contribution in [2.24, 2.45) is 5.92 Å². The standard InChI is InChI=1S/C39H49N3O7S/c1-4-5-17-31(26-40-35(45)37(25-16-15-24-33(43)44)34-32(27-50-37)41-36(46)42-34)39(47-2,48-3)49-38(28-18-9-6-10-19-28,29-20-11-7-12-21-29)30-22-13-8-14-23-30/h6-14,18-23,31-32,34H,4-5,15-17,24-27H2,1-3H3,(H,40,45)(H,43,44)(H2,41,42,46)/t31?,32-,34-,37-/m0/s1. The van der Waals surface area contributed by atoms with E-state index < -0.39 is 34.3 Å². The van der Waals surface area contributed by atoms with E-state index in [2.05, 4.69) is 22.9 Å². The Morgan fingerprint density at radius 3 is 1.96 bits per heavy atom. The van der Waals surface area contributed by atoms with Gasteiger partial charge >= 0.3 is 12.0 Å². The van der Waals surface area contributed by atoms with Crippen LogP contribution in [0.25, 0.3) is 0 Å². The zero-order chi connectivity index (χ0) is 35.6. The smallest absolute Gasteiger partial charge is 0.315 e. The number of amides is 3. The van der Waals surface area contributed by atoms with E-state index in [1.54, 1.807) is 14.2 Å². The maximum Gasteiger partial charge on any atom is 0.315 e. The molecule has 0 aromatic heterocycles. The lowest BCUT2D eigenvalue weighted by Gasteiger charge is -2.46. The zero-order valence-electron chi connectivity index (χ0n) is 29.1. The van der Waals surface area contributed by atoms with Crippen LogP contribution in [-0.2, 0) is 29.4 Å². The van der Waals surface area contributed by atoms with Crippen LogP contribution >= 0.6 is 11.8 Å². The number of carbonyl (C=O) groups is 3. The van der Waals surface area contributed by atoms with E-state index in [-0.39, 0.29) is 30.9 Å². The number of urea groups is 1. The summed E-state index contributed by atoms with van der Waals surface area (Å²) in [6, 6.07) is 29.1. The highest BCUT2D eigenvalue weighted by atomic mass is 32.2. The number of hydrogen-bond acceptors (Lipinski definition) is 7. The molecule has 4 N–H and O–H groups in total. The van der Waals surface area contributed by atoms with Crippen LogP contribution in [0.15, 0.2) is 91.0 Å².